The number of rotatable bonds is 5. The smallest absolute Gasteiger partial charge is 0.341 e. The normalized spacial score (nSPS) is 10.3. The number of hydrogen-bond donors (Lipinski definition) is 1. The zero-order valence-electron chi connectivity index (χ0n) is 14.3. The lowest BCUT2D eigenvalue weighted by Crippen LogP contribution is -2.10. The van der Waals surface area contributed by atoms with Crippen LogP contribution in [0.15, 0.2) is 41.3 Å². The van der Waals surface area contributed by atoms with E-state index >= 15 is 0 Å². The Morgan fingerprint density at radius 3 is 2.56 bits per heavy atom. The minimum Gasteiger partial charge on any atom is -0.481 e. The van der Waals surface area contributed by atoms with E-state index in [2.05, 4.69) is 43.9 Å². The van der Waals surface area contributed by atoms with E-state index in [4.69, 9.17) is 21.4 Å². The summed E-state index contributed by atoms with van der Waals surface area (Å²) in [6.07, 6.45) is 2.02. The summed E-state index contributed by atoms with van der Waals surface area (Å²) >= 11 is 7.71. The van der Waals surface area contributed by atoms with Crippen LogP contribution in [-0.4, -0.2) is 23.9 Å². The average Bonchev–Trinajstić information content (AvgIpc) is 2.58. The first-order chi connectivity index (χ1) is 11.9. The van der Waals surface area contributed by atoms with Crippen LogP contribution in [0.25, 0.3) is 0 Å². The third kappa shape index (κ3) is 5.45. The highest BCUT2D eigenvalue weighted by Gasteiger charge is 2.08. The van der Waals surface area contributed by atoms with Crippen molar-refractivity contribution in [2.75, 3.05) is 12.9 Å². The number of aliphatic carboxylic acids is 1. The van der Waals surface area contributed by atoms with Crippen LogP contribution in [0.2, 0.25) is 5.02 Å². The van der Waals surface area contributed by atoms with E-state index in [0.717, 1.165) is 10.5 Å². The predicted molar refractivity (Wildman–Crippen MR) is 103 cm³/mol. The van der Waals surface area contributed by atoms with E-state index in [0.29, 0.717) is 22.3 Å². The van der Waals surface area contributed by atoms with E-state index in [1.165, 1.54) is 5.56 Å². The molecule has 1 N–H and O–H groups in total. The highest BCUT2D eigenvalue weighted by Crippen LogP contribution is 2.26. The molecule has 0 saturated carbocycles. The number of hydrogen-bond acceptors (Lipinski definition) is 3. The van der Waals surface area contributed by atoms with Crippen LogP contribution in [0.5, 0.6) is 5.75 Å². The van der Waals surface area contributed by atoms with E-state index in [1.54, 1.807) is 30.0 Å². The Hall–Kier alpha value is -2.09. The molecule has 0 amide bonds. The van der Waals surface area contributed by atoms with Gasteiger partial charge in [0.1, 0.15) is 5.75 Å². The number of halogens is 1. The minimum atomic E-state index is -1.04. The summed E-state index contributed by atoms with van der Waals surface area (Å²) in [6.45, 7) is 3.83. The van der Waals surface area contributed by atoms with Gasteiger partial charge in [0, 0.05) is 15.5 Å². The Morgan fingerprint density at radius 1 is 1.20 bits per heavy atom. The van der Waals surface area contributed by atoms with Gasteiger partial charge >= 0.3 is 5.97 Å². The minimum absolute atomic E-state index is 0.349. The Labute approximate surface area is 157 Å². The highest BCUT2D eigenvalue weighted by atomic mass is 35.5. The first-order valence-corrected chi connectivity index (χ1v) is 9.35. The van der Waals surface area contributed by atoms with Crippen LogP contribution in [0, 0.1) is 11.8 Å². The summed E-state index contributed by atoms with van der Waals surface area (Å²) in [5.74, 6) is 5.99. The summed E-state index contributed by atoms with van der Waals surface area (Å²) in [7, 11) is 0. The van der Waals surface area contributed by atoms with Gasteiger partial charge in [0.15, 0.2) is 6.61 Å². The number of benzene rings is 2. The van der Waals surface area contributed by atoms with Crippen LogP contribution in [-0.2, 0) is 4.79 Å². The lowest BCUT2D eigenvalue weighted by atomic mass is 9.97. The van der Waals surface area contributed by atoms with E-state index < -0.39 is 12.6 Å². The van der Waals surface area contributed by atoms with Crippen molar-refractivity contribution in [2.24, 2.45) is 0 Å². The van der Waals surface area contributed by atoms with Gasteiger partial charge in [-0.15, -0.1) is 11.8 Å². The topological polar surface area (TPSA) is 46.5 Å². The Kier molecular flexibility index (Phi) is 6.81. The number of thioether (sulfide) groups is 1. The number of carboxylic acid groups (broad SMARTS) is 1. The standard InChI is InChI=1S/C20H19ClO3S/c1-13(2)18-8-7-17(25-3)11-14(18)4-5-15-10-16(21)6-9-19(15)24-12-20(22)23/h6-11,13H,12H2,1-3H3,(H,22,23). The predicted octanol–water partition coefficient (Wildman–Crippen LogP) is 5.05. The van der Waals surface area contributed by atoms with Crippen LogP contribution in [0.3, 0.4) is 0 Å². The maximum absolute atomic E-state index is 10.7. The lowest BCUT2D eigenvalue weighted by molar-refractivity contribution is -0.139. The van der Waals surface area contributed by atoms with Gasteiger partial charge in [0.2, 0.25) is 0 Å². The second-order valence-electron chi connectivity index (χ2n) is 5.68. The molecule has 3 nitrogen and oxygen atoms in total. The van der Waals surface area contributed by atoms with Crippen LogP contribution in [0.1, 0.15) is 36.5 Å². The average molecular weight is 375 g/mol. The summed E-state index contributed by atoms with van der Waals surface area (Å²) < 4.78 is 5.30. The summed E-state index contributed by atoms with van der Waals surface area (Å²) in [6, 6.07) is 11.2. The third-order valence-corrected chi connectivity index (χ3v) is 4.47. The Morgan fingerprint density at radius 2 is 1.92 bits per heavy atom. The van der Waals surface area contributed by atoms with Crippen molar-refractivity contribution in [3.8, 4) is 17.6 Å². The van der Waals surface area contributed by atoms with Crippen molar-refractivity contribution >= 4 is 29.3 Å². The van der Waals surface area contributed by atoms with Crippen molar-refractivity contribution in [1.82, 2.24) is 0 Å². The zero-order chi connectivity index (χ0) is 18.4. The van der Waals surface area contributed by atoms with Crippen molar-refractivity contribution in [2.45, 2.75) is 24.7 Å². The lowest BCUT2D eigenvalue weighted by Gasteiger charge is -2.10. The SMILES string of the molecule is CSc1ccc(C(C)C)c(C#Cc2cc(Cl)ccc2OCC(=O)O)c1. The first kappa shape index (κ1) is 19.2. The van der Waals surface area contributed by atoms with Gasteiger partial charge in [-0.2, -0.15) is 0 Å². The molecule has 0 bridgehead atoms. The molecule has 5 heteroatoms. The van der Waals surface area contributed by atoms with Crippen molar-refractivity contribution < 1.29 is 14.6 Å². The molecular formula is C20H19ClO3S. The van der Waals surface area contributed by atoms with E-state index in [9.17, 15) is 4.79 Å². The molecule has 0 heterocycles. The maximum atomic E-state index is 10.7. The molecule has 0 aliphatic carbocycles. The molecule has 0 saturated heterocycles. The molecule has 2 aromatic rings. The van der Waals surface area contributed by atoms with Gasteiger partial charge in [-0.05, 0) is 48.1 Å². The molecule has 0 aromatic heterocycles. The Balaban J connectivity index is 2.44. The van der Waals surface area contributed by atoms with E-state index in [-0.39, 0.29) is 0 Å². The van der Waals surface area contributed by atoms with Crippen LogP contribution in [0.4, 0.5) is 0 Å². The molecule has 0 atom stereocenters. The quantitative estimate of drug-likeness (QED) is 0.587. The molecule has 2 aromatic carbocycles. The molecule has 0 spiro atoms. The molecular weight excluding hydrogens is 356 g/mol. The molecule has 130 valence electrons. The molecule has 25 heavy (non-hydrogen) atoms. The van der Waals surface area contributed by atoms with Gasteiger partial charge < -0.3 is 9.84 Å². The monoisotopic (exact) mass is 374 g/mol. The van der Waals surface area contributed by atoms with Crippen LogP contribution >= 0.6 is 23.4 Å². The third-order valence-electron chi connectivity index (χ3n) is 3.51. The molecule has 0 radical (unpaired) electrons. The number of carbonyl (C=O) groups is 1. The fourth-order valence-corrected chi connectivity index (χ4v) is 2.89. The first-order valence-electron chi connectivity index (χ1n) is 7.74. The van der Waals surface area contributed by atoms with Crippen molar-refractivity contribution in [3.63, 3.8) is 0 Å². The Bertz CT molecular complexity index is 835. The summed E-state index contributed by atoms with van der Waals surface area (Å²) in [5.41, 5.74) is 2.68. The van der Waals surface area contributed by atoms with E-state index in [1.807, 2.05) is 6.26 Å². The summed E-state index contributed by atoms with van der Waals surface area (Å²) in [4.78, 5) is 11.9. The number of ether oxygens (including phenoxy) is 1. The highest BCUT2D eigenvalue weighted by molar-refractivity contribution is 7.98. The fourth-order valence-electron chi connectivity index (χ4n) is 2.27. The largest absolute Gasteiger partial charge is 0.481 e. The maximum Gasteiger partial charge on any atom is 0.341 e. The van der Waals surface area contributed by atoms with Gasteiger partial charge in [-0.1, -0.05) is 43.4 Å². The van der Waals surface area contributed by atoms with Gasteiger partial charge in [-0.25, -0.2) is 4.79 Å². The molecule has 0 fully saturated rings. The second-order valence-corrected chi connectivity index (χ2v) is 7.00. The van der Waals surface area contributed by atoms with Crippen molar-refractivity contribution in [1.29, 1.82) is 0 Å². The molecule has 2 rings (SSSR count). The fraction of sp³-hybridized carbons (Fsp3) is 0.250. The number of carboxylic acids is 1. The second kappa shape index (κ2) is 8.84. The van der Waals surface area contributed by atoms with Gasteiger partial charge in [0.05, 0.1) is 5.56 Å². The molecule has 0 unspecified atom stereocenters. The van der Waals surface area contributed by atoms with Crippen LogP contribution < -0.4 is 4.74 Å². The van der Waals surface area contributed by atoms with Gasteiger partial charge in [0.25, 0.3) is 0 Å². The summed E-state index contributed by atoms with van der Waals surface area (Å²) in [5, 5.41) is 9.32. The molecule has 0 aliphatic rings. The van der Waals surface area contributed by atoms with Crippen molar-refractivity contribution in [3.05, 3.63) is 58.1 Å². The molecule has 0 aliphatic heterocycles. The van der Waals surface area contributed by atoms with Gasteiger partial charge in [-0.3, -0.25) is 0 Å². The zero-order valence-corrected chi connectivity index (χ0v) is 15.9.